The summed E-state index contributed by atoms with van der Waals surface area (Å²) in [5.74, 6) is -0.0982. The molecule has 2 heterocycles. The Balaban J connectivity index is 2.11. The van der Waals surface area contributed by atoms with E-state index in [2.05, 4.69) is 10.6 Å². The van der Waals surface area contributed by atoms with Gasteiger partial charge in [0.05, 0.1) is 0 Å². The van der Waals surface area contributed by atoms with E-state index in [4.69, 9.17) is 5.11 Å². The highest BCUT2D eigenvalue weighted by molar-refractivity contribution is 5.86. The Hall–Kier alpha value is -1.30. The molecule has 6 nitrogen and oxygen atoms in total. The number of nitrogens with one attached hydrogen (secondary N) is 2. The number of carbonyl (C=O) groups excluding carboxylic acids is 1. The van der Waals surface area contributed by atoms with E-state index in [9.17, 15) is 9.59 Å². The average molecular weight is 255 g/mol. The Morgan fingerprint density at radius 1 is 1.44 bits per heavy atom. The van der Waals surface area contributed by atoms with Crippen LogP contribution in [0.1, 0.15) is 27.2 Å². The molecule has 2 rings (SSSR count). The fourth-order valence-electron chi connectivity index (χ4n) is 2.77. The van der Waals surface area contributed by atoms with Gasteiger partial charge in [0.15, 0.2) is 0 Å². The standard InChI is InChI=1S/C12H21N3O3/c1-12(2,3)9(14-11(17)18)10(16)15-6-7-4-8(15)5-13-7/h7-9,13-14H,4-6H2,1-3H3,(H,17,18)/t7-,8-,9+/m0/s1. The van der Waals surface area contributed by atoms with Crippen LogP contribution >= 0.6 is 0 Å². The van der Waals surface area contributed by atoms with Crippen LogP contribution in [0.15, 0.2) is 0 Å². The molecule has 0 aliphatic carbocycles. The van der Waals surface area contributed by atoms with Crippen LogP contribution < -0.4 is 10.6 Å². The van der Waals surface area contributed by atoms with Crippen LogP contribution in [0.25, 0.3) is 0 Å². The Morgan fingerprint density at radius 2 is 2.11 bits per heavy atom. The van der Waals surface area contributed by atoms with Gasteiger partial charge in [0.25, 0.3) is 0 Å². The lowest BCUT2D eigenvalue weighted by molar-refractivity contribution is -0.137. The van der Waals surface area contributed by atoms with Crippen LogP contribution in [-0.4, -0.2) is 53.2 Å². The van der Waals surface area contributed by atoms with E-state index >= 15 is 0 Å². The van der Waals surface area contributed by atoms with Crippen LogP contribution in [-0.2, 0) is 4.79 Å². The van der Waals surface area contributed by atoms with Gasteiger partial charge in [-0.25, -0.2) is 4.79 Å². The molecule has 102 valence electrons. The lowest BCUT2D eigenvalue weighted by atomic mass is 9.85. The van der Waals surface area contributed by atoms with Crippen molar-refractivity contribution in [1.29, 1.82) is 0 Å². The molecule has 3 N–H and O–H groups in total. The highest BCUT2D eigenvalue weighted by Gasteiger charge is 2.44. The molecule has 2 aliphatic heterocycles. The monoisotopic (exact) mass is 255 g/mol. The number of carboxylic acid groups (broad SMARTS) is 1. The van der Waals surface area contributed by atoms with Crippen LogP contribution in [0.3, 0.4) is 0 Å². The number of rotatable bonds is 2. The molecule has 0 unspecified atom stereocenters. The summed E-state index contributed by atoms with van der Waals surface area (Å²) in [6.45, 7) is 7.13. The number of piperazine rings is 1. The molecule has 0 radical (unpaired) electrons. The summed E-state index contributed by atoms with van der Waals surface area (Å²) in [5, 5.41) is 14.6. The molecular formula is C12H21N3O3. The van der Waals surface area contributed by atoms with Gasteiger partial charge in [0.1, 0.15) is 6.04 Å². The van der Waals surface area contributed by atoms with Crippen molar-refractivity contribution in [2.45, 2.75) is 45.3 Å². The van der Waals surface area contributed by atoms with Crippen LogP contribution in [0, 0.1) is 5.41 Å². The predicted octanol–water partition coefficient (Wildman–Crippen LogP) is 0.241. The maximum atomic E-state index is 12.5. The van der Waals surface area contributed by atoms with Gasteiger partial charge in [-0.1, -0.05) is 20.8 Å². The van der Waals surface area contributed by atoms with Crippen molar-refractivity contribution >= 4 is 12.0 Å². The number of carbonyl (C=O) groups is 2. The first-order chi connectivity index (χ1) is 8.29. The quantitative estimate of drug-likeness (QED) is 0.660. The van der Waals surface area contributed by atoms with E-state index in [1.54, 1.807) is 0 Å². The summed E-state index contributed by atoms with van der Waals surface area (Å²) in [5.41, 5.74) is -0.426. The predicted molar refractivity (Wildman–Crippen MR) is 66.3 cm³/mol. The van der Waals surface area contributed by atoms with E-state index in [0.29, 0.717) is 12.6 Å². The summed E-state index contributed by atoms with van der Waals surface area (Å²) in [6, 6.07) is -0.0818. The fraction of sp³-hybridized carbons (Fsp3) is 0.833. The summed E-state index contributed by atoms with van der Waals surface area (Å²) < 4.78 is 0. The minimum absolute atomic E-state index is 0.0982. The molecular weight excluding hydrogens is 234 g/mol. The first kappa shape index (κ1) is 13.1. The van der Waals surface area contributed by atoms with Gasteiger partial charge < -0.3 is 20.6 Å². The van der Waals surface area contributed by atoms with E-state index < -0.39 is 17.6 Å². The minimum Gasteiger partial charge on any atom is -0.465 e. The van der Waals surface area contributed by atoms with Crippen LogP contribution in [0.5, 0.6) is 0 Å². The molecule has 6 heteroatoms. The Bertz CT molecular complexity index is 364. The lowest BCUT2D eigenvalue weighted by Crippen LogP contribution is -2.58. The van der Waals surface area contributed by atoms with Gasteiger partial charge >= 0.3 is 6.09 Å². The second-order valence-electron chi connectivity index (χ2n) is 6.23. The zero-order valence-corrected chi connectivity index (χ0v) is 11.1. The van der Waals surface area contributed by atoms with Gasteiger partial charge in [-0.05, 0) is 11.8 Å². The normalized spacial score (nSPS) is 28.3. The van der Waals surface area contributed by atoms with Crippen molar-refractivity contribution in [3.63, 3.8) is 0 Å². The average Bonchev–Trinajstić information content (AvgIpc) is 2.84. The molecule has 2 amide bonds. The first-order valence-electron chi connectivity index (χ1n) is 6.32. The molecule has 18 heavy (non-hydrogen) atoms. The van der Waals surface area contributed by atoms with E-state index in [1.165, 1.54) is 0 Å². The van der Waals surface area contributed by atoms with Crippen molar-refractivity contribution in [3.8, 4) is 0 Å². The molecule has 0 spiro atoms. The molecule has 3 atom stereocenters. The SMILES string of the molecule is CC(C)(C)[C@H](NC(=O)O)C(=O)N1C[C@@H]2C[C@H]1CN2. The maximum Gasteiger partial charge on any atom is 0.405 e. The zero-order valence-electron chi connectivity index (χ0n) is 11.1. The van der Waals surface area contributed by atoms with Crippen molar-refractivity contribution in [2.24, 2.45) is 5.41 Å². The number of hydrogen-bond acceptors (Lipinski definition) is 3. The second-order valence-corrected chi connectivity index (χ2v) is 6.23. The van der Waals surface area contributed by atoms with Crippen molar-refractivity contribution < 1.29 is 14.7 Å². The molecule has 0 aromatic heterocycles. The van der Waals surface area contributed by atoms with E-state index in [-0.39, 0.29) is 11.9 Å². The van der Waals surface area contributed by atoms with Gasteiger partial charge in [-0.2, -0.15) is 0 Å². The van der Waals surface area contributed by atoms with Crippen LogP contribution in [0.4, 0.5) is 4.79 Å². The topological polar surface area (TPSA) is 81.7 Å². The number of hydrogen-bond donors (Lipinski definition) is 3. The Morgan fingerprint density at radius 3 is 2.50 bits per heavy atom. The highest BCUT2D eigenvalue weighted by atomic mass is 16.4. The van der Waals surface area contributed by atoms with Crippen LogP contribution in [0.2, 0.25) is 0 Å². The fourth-order valence-corrected chi connectivity index (χ4v) is 2.77. The molecule has 0 saturated carbocycles. The summed E-state index contributed by atoms with van der Waals surface area (Å²) in [4.78, 5) is 25.2. The lowest BCUT2D eigenvalue weighted by Gasteiger charge is -2.36. The van der Waals surface area contributed by atoms with Gasteiger partial charge in [-0.15, -0.1) is 0 Å². The summed E-state index contributed by atoms with van der Waals surface area (Å²) in [7, 11) is 0. The minimum atomic E-state index is -1.15. The largest absolute Gasteiger partial charge is 0.465 e. The van der Waals surface area contributed by atoms with Crippen molar-refractivity contribution in [1.82, 2.24) is 15.5 Å². The van der Waals surface area contributed by atoms with Gasteiger partial charge in [0, 0.05) is 25.2 Å². The third kappa shape index (κ3) is 2.43. The van der Waals surface area contributed by atoms with Crippen molar-refractivity contribution in [2.75, 3.05) is 13.1 Å². The Labute approximate surface area is 107 Å². The smallest absolute Gasteiger partial charge is 0.405 e. The maximum absolute atomic E-state index is 12.5. The van der Waals surface area contributed by atoms with Gasteiger partial charge in [0.2, 0.25) is 5.91 Å². The zero-order chi connectivity index (χ0) is 13.5. The Kier molecular flexibility index (Phi) is 3.23. The number of nitrogens with zero attached hydrogens (tertiary/aromatic N) is 1. The third-order valence-corrected chi connectivity index (χ3v) is 3.72. The second kappa shape index (κ2) is 4.42. The van der Waals surface area contributed by atoms with E-state index in [0.717, 1.165) is 13.0 Å². The number of amides is 2. The summed E-state index contributed by atoms with van der Waals surface area (Å²) >= 11 is 0. The molecule has 2 bridgehead atoms. The molecule has 2 aliphatic rings. The molecule has 2 saturated heterocycles. The molecule has 0 aromatic rings. The molecule has 2 fully saturated rings. The van der Waals surface area contributed by atoms with Crippen molar-refractivity contribution in [3.05, 3.63) is 0 Å². The van der Waals surface area contributed by atoms with Gasteiger partial charge in [-0.3, -0.25) is 4.79 Å². The van der Waals surface area contributed by atoms with E-state index in [1.807, 2.05) is 25.7 Å². The third-order valence-electron chi connectivity index (χ3n) is 3.72. The first-order valence-corrected chi connectivity index (χ1v) is 6.32. The number of likely N-dealkylation sites (tertiary alicyclic amines) is 1. The summed E-state index contributed by atoms with van der Waals surface area (Å²) in [6.07, 6.45) is -0.166. The highest BCUT2D eigenvalue weighted by Crippen LogP contribution is 2.28. The number of fused-ring (bicyclic) bond motifs is 2. The molecule has 0 aromatic carbocycles.